The van der Waals surface area contributed by atoms with Crippen molar-refractivity contribution in [3.63, 3.8) is 0 Å². The van der Waals surface area contributed by atoms with Crippen LogP contribution in [0.3, 0.4) is 0 Å². The third-order valence-corrected chi connectivity index (χ3v) is 5.49. The molecule has 3 heterocycles. The van der Waals surface area contributed by atoms with Gasteiger partial charge in [-0.1, -0.05) is 18.2 Å². The van der Waals surface area contributed by atoms with E-state index in [1.54, 1.807) is 0 Å². The van der Waals surface area contributed by atoms with Gasteiger partial charge in [-0.15, -0.1) is 0 Å². The van der Waals surface area contributed by atoms with Gasteiger partial charge in [-0.25, -0.2) is 4.98 Å². The van der Waals surface area contributed by atoms with Gasteiger partial charge in [0.25, 0.3) is 5.91 Å². The highest BCUT2D eigenvalue weighted by Crippen LogP contribution is 2.22. The lowest BCUT2D eigenvalue weighted by Gasteiger charge is -2.33. The largest absolute Gasteiger partial charge is 0.431 e. The van der Waals surface area contributed by atoms with Crippen LogP contribution in [0.2, 0.25) is 0 Å². The molecule has 1 amide bonds. The van der Waals surface area contributed by atoms with Crippen molar-refractivity contribution < 1.29 is 13.9 Å². The first-order valence-corrected chi connectivity index (χ1v) is 9.83. The summed E-state index contributed by atoms with van der Waals surface area (Å²) < 4.78 is 11.2. The van der Waals surface area contributed by atoms with Crippen molar-refractivity contribution in [2.75, 3.05) is 32.8 Å². The molecule has 6 nitrogen and oxygen atoms in total. The first kappa shape index (κ1) is 18.2. The zero-order chi connectivity index (χ0) is 18.6. The number of ether oxygens (including phenoxy) is 1. The molecule has 2 saturated heterocycles. The minimum Gasteiger partial charge on any atom is -0.431 e. The molecule has 6 heteroatoms. The summed E-state index contributed by atoms with van der Waals surface area (Å²) in [4.78, 5) is 19.6. The summed E-state index contributed by atoms with van der Waals surface area (Å²) in [5.74, 6) is 1.32. The van der Waals surface area contributed by atoms with Crippen LogP contribution in [0, 0.1) is 12.8 Å². The van der Waals surface area contributed by atoms with E-state index in [0.717, 1.165) is 51.3 Å². The van der Waals surface area contributed by atoms with Gasteiger partial charge >= 0.3 is 0 Å². The highest BCUT2D eigenvalue weighted by Gasteiger charge is 2.26. The molecule has 0 saturated carbocycles. The number of hydrogen-bond acceptors (Lipinski definition) is 5. The van der Waals surface area contributed by atoms with Crippen molar-refractivity contribution in [3.8, 4) is 11.5 Å². The molecule has 2 aromatic rings. The van der Waals surface area contributed by atoms with Crippen molar-refractivity contribution >= 4 is 5.91 Å². The number of nitrogens with zero attached hydrogens (tertiary/aromatic N) is 2. The average molecular weight is 369 g/mol. The van der Waals surface area contributed by atoms with Gasteiger partial charge in [-0.2, -0.15) is 0 Å². The van der Waals surface area contributed by atoms with Crippen LogP contribution in [0.1, 0.15) is 35.5 Å². The smallest absolute Gasteiger partial charge is 0.289 e. The molecule has 0 aliphatic carbocycles. The number of carbonyl (C=O) groups is 1. The lowest BCUT2D eigenvalue weighted by Crippen LogP contribution is -2.45. The molecular formula is C21H27N3O3. The Morgan fingerprint density at radius 3 is 2.70 bits per heavy atom. The summed E-state index contributed by atoms with van der Waals surface area (Å²) in [5, 5.41) is 3.13. The number of piperidine rings is 1. The molecular weight excluding hydrogens is 342 g/mol. The van der Waals surface area contributed by atoms with E-state index in [1.165, 1.54) is 6.42 Å². The van der Waals surface area contributed by atoms with Gasteiger partial charge in [0.1, 0.15) is 0 Å². The molecule has 4 rings (SSSR count). The van der Waals surface area contributed by atoms with E-state index in [2.05, 4.69) is 15.2 Å². The first-order chi connectivity index (χ1) is 13.2. The number of nitrogens with one attached hydrogen (secondary N) is 1. The Bertz CT molecular complexity index is 760. The van der Waals surface area contributed by atoms with E-state index in [1.807, 2.05) is 37.3 Å². The standard InChI is InChI=1S/C21H27N3O3/c1-15-19(27-21(22-15)17-5-3-2-4-6-17)20(25)23-18-7-10-24(11-8-18)13-16-9-12-26-14-16/h2-6,16,18H,7-14H2,1H3,(H,23,25). The number of amides is 1. The lowest BCUT2D eigenvalue weighted by molar-refractivity contribution is 0.0875. The molecule has 0 spiro atoms. The monoisotopic (exact) mass is 369 g/mol. The molecule has 2 aliphatic rings. The third kappa shape index (κ3) is 4.39. The fourth-order valence-electron chi connectivity index (χ4n) is 3.91. The van der Waals surface area contributed by atoms with Crippen LogP contribution in [0.5, 0.6) is 0 Å². The summed E-state index contributed by atoms with van der Waals surface area (Å²) in [7, 11) is 0. The average Bonchev–Trinajstić information content (AvgIpc) is 3.34. The Kier molecular flexibility index (Phi) is 5.55. The van der Waals surface area contributed by atoms with Crippen LogP contribution < -0.4 is 5.32 Å². The molecule has 0 bridgehead atoms. The van der Waals surface area contributed by atoms with E-state index >= 15 is 0 Å². The molecule has 27 heavy (non-hydrogen) atoms. The minimum atomic E-state index is -0.162. The zero-order valence-corrected chi connectivity index (χ0v) is 15.8. The van der Waals surface area contributed by atoms with Crippen molar-refractivity contribution in [2.45, 2.75) is 32.2 Å². The predicted molar refractivity (Wildman–Crippen MR) is 103 cm³/mol. The van der Waals surface area contributed by atoms with Crippen LogP contribution in [-0.4, -0.2) is 54.7 Å². The van der Waals surface area contributed by atoms with Gasteiger partial charge in [0.05, 0.1) is 12.3 Å². The van der Waals surface area contributed by atoms with Crippen molar-refractivity contribution in [3.05, 3.63) is 41.8 Å². The van der Waals surface area contributed by atoms with Crippen molar-refractivity contribution in [1.29, 1.82) is 0 Å². The summed E-state index contributed by atoms with van der Waals surface area (Å²) in [6, 6.07) is 9.85. The Morgan fingerprint density at radius 2 is 2.00 bits per heavy atom. The van der Waals surface area contributed by atoms with E-state index in [0.29, 0.717) is 23.3 Å². The molecule has 1 aromatic carbocycles. The number of benzene rings is 1. The summed E-state index contributed by atoms with van der Waals surface area (Å²) >= 11 is 0. The normalized spacial score (nSPS) is 21.4. The topological polar surface area (TPSA) is 67.6 Å². The molecule has 1 N–H and O–H groups in total. The maximum absolute atomic E-state index is 12.7. The van der Waals surface area contributed by atoms with Crippen LogP contribution in [-0.2, 0) is 4.74 Å². The van der Waals surface area contributed by atoms with E-state index in [4.69, 9.17) is 9.15 Å². The number of carbonyl (C=O) groups excluding carboxylic acids is 1. The summed E-state index contributed by atoms with van der Waals surface area (Å²) in [5.41, 5.74) is 1.51. The van der Waals surface area contributed by atoms with Crippen LogP contribution in [0.15, 0.2) is 34.7 Å². The molecule has 144 valence electrons. The highest BCUT2D eigenvalue weighted by molar-refractivity contribution is 5.93. The SMILES string of the molecule is Cc1nc(-c2ccccc2)oc1C(=O)NC1CCN(CC2CCOC2)CC1. The minimum absolute atomic E-state index is 0.162. The van der Waals surface area contributed by atoms with Crippen LogP contribution >= 0.6 is 0 Å². The fourth-order valence-corrected chi connectivity index (χ4v) is 3.91. The third-order valence-electron chi connectivity index (χ3n) is 5.49. The second-order valence-electron chi connectivity index (χ2n) is 7.58. The first-order valence-electron chi connectivity index (χ1n) is 9.83. The van der Waals surface area contributed by atoms with Gasteiger partial charge in [-0.05, 0) is 44.2 Å². The number of aromatic nitrogens is 1. The molecule has 2 aliphatic heterocycles. The molecule has 0 radical (unpaired) electrons. The fraction of sp³-hybridized carbons (Fsp3) is 0.524. The molecule has 2 fully saturated rings. The van der Waals surface area contributed by atoms with Gasteiger partial charge in [0, 0.05) is 37.8 Å². The maximum atomic E-state index is 12.7. The predicted octanol–water partition coefficient (Wildman–Crippen LogP) is 2.88. The number of hydrogen-bond donors (Lipinski definition) is 1. The van der Waals surface area contributed by atoms with Crippen molar-refractivity contribution in [2.24, 2.45) is 5.92 Å². The number of rotatable bonds is 5. The number of aryl methyl sites for hydroxylation is 1. The zero-order valence-electron chi connectivity index (χ0n) is 15.8. The van der Waals surface area contributed by atoms with Crippen molar-refractivity contribution in [1.82, 2.24) is 15.2 Å². The van der Waals surface area contributed by atoms with Gasteiger partial charge in [0.15, 0.2) is 0 Å². The van der Waals surface area contributed by atoms with Gasteiger partial charge in [0.2, 0.25) is 11.7 Å². The Balaban J connectivity index is 1.31. The second kappa shape index (κ2) is 8.23. The number of likely N-dealkylation sites (tertiary alicyclic amines) is 1. The highest BCUT2D eigenvalue weighted by atomic mass is 16.5. The van der Waals surface area contributed by atoms with Gasteiger partial charge < -0.3 is 19.4 Å². The Hall–Kier alpha value is -2.18. The summed E-state index contributed by atoms with van der Waals surface area (Å²) in [6.07, 6.45) is 3.11. The quantitative estimate of drug-likeness (QED) is 0.878. The summed E-state index contributed by atoms with van der Waals surface area (Å²) in [6.45, 7) is 6.77. The maximum Gasteiger partial charge on any atom is 0.289 e. The van der Waals surface area contributed by atoms with E-state index < -0.39 is 0 Å². The van der Waals surface area contributed by atoms with E-state index in [-0.39, 0.29) is 11.9 Å². The van der Waals surface area contributed by atoms with E-state index in [9.17, 15) is 4.79 Å². The number of oxazole rings is 1. The lowest BCUT2D eigenvalue weighted by atomic mass is 10.0. The second-order valence-corrected chi connectivity index (χ2v) is 7.58. The Labute approximate surface area is 159 Å². The van der Waals surface area contributed by atoms with Crippen LogP contribution in [0.25, 0.3) is 11.5 Å². The molecule has 1 atom stereocenters. The van der Waals surface area contributed by atoms with Crippen LogP contribution in [0.4, 0.5) is 0 Å². The molecule has 1 aromatic heterocycles. The molecule has 1 unspecified atom stereocenters. The Morgan fingerprint density at radius 1 is 1.22 bits per heavy atom. The van der Waals surface area contributed by atoms with Gasteiger partial charge in [-0.3, -0.25) is 4.79 Å².